The van der Waals surface area contributed by atoms with Crippen LogP contribution >= 0.6 is 0 Å². The highest BCUT2D eigenvalue weighted by Crippen LogP contribution is 2.43. The monoisotopic (exact) mass is 437 g/mol. The van der Waals surface area contributed by atoms with Crippen molar-refractivity contribution in [3.8, 4) is 0 Å². The van der Waals surface area contributed by atoms with Crippen LogP contribution in [-0.4, -0.2) is 16.8 Å². The van der Waals surface area contributed by atoms with Gasteiger partial charge in [-0.25, -0.2) is 13.2 Å². The predicted octanol–water partition coefficient (Wildman–Crippen LogP) is 5.35. The highest BCUT2D eigenvalue weighted by Gasteiger charge is 2.47. The zero-order valence-corrected chi connectivity index (χ0v) is 17.2. The Morgan fingerprint density at radius 1 is 0.844 bits per heavy atom. The molecular weight excluding hydrogens is 419 g/mol. The molecule has 0 saturated carbocycles. The molecule has 1 heterocycles. The van der Waals surface area contributed by atoms with Crippen LogP contribution in [0.3, 0.4) is 0 Å². The molecule has 1 aliphatic heterocycles. The van der Waals surface area contributed by atoms with E-state index in [0.717, 1.165) is 23.1 Å². The van der Waals surface area contributed by atoms with Gasteiger partial charge in [0, 0.05) is 17.3 Å². The minimum Gasteiger partial charge on any atom is -0.507 e. The fourth-order valence-corrected chi connectivity index (χ4v) is 3.87. The number of amides is 1. The van der Waals surface area contributed by atoms with Crippen molar-refractivity contribution < 1.29 is 27.9 Å². The van der Waals surface area contributed by atoms with Crippen molar-refractivity contribution in [2.45, 2.75) is 19.9 Å². The number of ketones is 1. The first-order valence-electron chi connectivity index (χ1n) is 9.78. The molecule has 3 aromatic carbocycles. The molecule has 0 spiro atoms. The number of nitrogens with zero attached hydrogens (tertiary/aromatic N) is 1. The molecule has 4 rings (SSSR count). The first-order chi connectivity index (χ1) is 15.2. The maximum atomic E-state index is 14.0. The number of hydrogen-bond acceptors (Lipinski definition) is 3. The molecule has 1 atom stereocenters. The number of Topliss-reactive ketones (excluding diaryl/α,β-unsaturated/α-hetero) is 1. The summed E-state index contributed by atoms with van der Waals surface area (Å²) in [6, 6.07) is 12.5. The molecule has 1 amide bonds. The zero-order valence-electron chi connectivity index (χ0n) is 17.2. The van der Waals surface area contributed by atoms with Gasteiger partial charge < -0.3 is 5.11 Å². The Balaban J connectivity index is 1.99. The molecule has 0 bridgehead atoms. The van der Waals surface area contributed by atoms with Crippen molar-refractivity contribution in [2.75, 3.05) is 4.90 Å². The van der Waals surface area contributed by atoms with Crippen LogP contribution in [-0.2, 0) is 9.59 Å². The van der Waals surface area contributed by atoms with Gasteiger partial charge in [0.2, 0.25) is 0 Å². The van der Waals surface area contributed by atoms with E-state index in [1.165, 1.54) is 25.1 Å². The lowest BCUT2D eigenvalue weighted by Crippen LogP contribution is -2.30. The number of halogens is 3. The van der Waals surface area contributed by atoms with Gasteiger partial charge in [-0.15, -0.1) is 0 Å². The number of rotatable bonds is 3. The molecule has 4 nitrogen and oxygen atoms in total. The van der Waals surface area contributed by atoms with Crippen molar-refractivity contribution in [1.29, 1.82) is 0 Å². The van der Waals surface area contributed by atoms with Gasteiger partial charge in [0.25, 0.3) is 11.7 Å². The smallest absolute Gasteiger partial charge is 0.300 e. The van der Waals surface area contributed by atoms with E-state index in [0.29, 0.717) is 11.1 Å². The number of carbonyl (C=O) groups excluding carboxylic acids is 2. The summed E-state index contributed by atoms with van der Waals surface area (Å²) in [4.78, 5) is 27.1. The Hall–Kier alpha value is -3.87. The Kier molecular flexibility index (Phi) is 5.34. The van der Waals surface area contributed by atoms with Crippen LogP contribution in [0.5, 0.6) is 0 Å². The topological polar surface area (TPSA) is 57.6 Å². The van der Waals surface area contributed by atoms with Crippen LogP contribution in [0.15, 0.2) is 66.2 Å². The van der Waals surface area contributed by atoms with Crippen LogP contribution in [0.25, 0.3) is 5.76 Å². The third-order valence-electron chi connectivity index (χ3n) is 5.54. The second-order valence-corrected chi connectivity index (χ2v) is 7.59. The normalized spacial score (nSPS) is 17.8. The molecule has 32 heavy (non-hydrogen) atoms. The number of carbonyl (C=O) groups is 2. The summed E-state index contributed by atoms with van der Waals surface area (Å²) < 4.78 is 41.2. The van der Waals surface area contributed by atoms with E-state index in [4.69, 9.17) is 0 Å². The lowest BCUT2D eigenvalue weighted by Gasteiger charge is -2.26. The number of benzene rings is 3. The van der Waals surface area contributed by atoms with Gasteiger partial charge in [-0.3, -0.25) is 14.5 Å². The van der Waals surface area contributed by atoms with E-state index in [9.17, 15) is 27.9 Å². The van der Waals surface area contributed by atoms with Crippen LogP contribution in [0, 0.1) is 31.3 Å². The third kappa shape index (κ3) is 3.45. The lowest BCUT2D eigenvalue weighted by molar-refractivity contribution is -0.132. The van der Waals surface area contributed by atoms with Gasteiger partial charge in [-0.05, 0) is 60.9 Å². The van der Waals surface area contributed by atoms with E-state index in [2.05, 4.69) is 0 Å². The van der Waals surface area contributed by atoms with Crippen LogP contribution in [0.1, 0.15) is 28.3 Å². The molecule has 162 valence electrons. The third-order valence-corrected chi connectivity index (χ3v) is 5.54. The van der Waals surface area contributed by atoms with Gasteiger partial charge in [0.05, 0.1) is 11.6 Å². The van der Waals surface area contributed by atoms with Crippen molar-refractivity contribution >= 4 is 23.1 Å². The van der Waals surface area contributed by atoms with Gasteiger partial charge in [-0.2, -0.15) is 0 Å². The second kappa shape index (κ2) is 8.00. The highest BCUT2D eigenvalue weighted by atomic mass is 19.2. The second-order valence-electron chi connectivity index (χ2n) is 7.59. The minimum absolute atomic E-state index is 0.0337. The quantitative estimate of drug-likeness (QED) is 0.342. The summed E-state index contributed by atoms with van der Waals surface area (Å²) in [6.07, 6.45) is 0. The van der Waals surface area contributed by atoms with E-state index in [1.54, 1.807) is 31.2 Å². The molecule has 0 radical (unpaired) electrons. The maximum absolute atomic E-state index is 14.0. The van der Waals surface area contributed by atoms with Gasteiger partial charge in [0.15, 0.2) is 11.6 Å². The molecule has 1 fully saturated rings. The summed E-state index contributed by atoms with van der Waals surface area (Å²) in [7, 11) is 0. The lowest BCUT2D eigenvalue weighted by atomic mass is 9.92. The molecule has 1 unspecified atom stereocenters. The molecule has 0 aromatic heterocycles. The summed E-state index contributed by atoms with van der Waals surface area (Å²) >= 11 is 0. The first kappa shape index (κ1) is 21.4. The number of anilines is 1. The van der Waals surface area contributed by atoms with Gasteiger partial charge in [0.1, 0.15) is 11.6 Å². The predicted molar refractivity (Wildman–Crippen MR) is 113 cm³/mol. The molecule has 1 N–H and O–H groups in total. The number of hydrogen-bond donors (Lipinski definition) is 1. The van der Waals surface area contributed by atoms with E-state index >= 15 is 0 Å². The average Bonchev–Trinajstić information content (AvgIpc) is 3.02. The largest absolute Gasteiger partial charge is 0.507 e. The van der Waals surface area contributed by atoms with E-state index in [-0.39, 0.29) is 22.4 Å². The summed E-state index contributed by atoms with van der Waals surface area (Å²) in [5.74, 6) is -5.22. The standard InChI is InChI=1S/C25H18F3NO3/c1-13-5-3-4-6-17(13)22-21(23(30)15-7-9-18(26)14(2)11-15)24(31)25(32)29(22)16-8-10-19(27)20(28)12-16/h3-12,22,30H,1-2H3/b23-21+. The van der Waals surface area contributed by atoms with E-state index in [1.807, 2.05) is 0 Å². The summed E-state index contributed by atoms with van der Waals surface area (Å²) in [5.41, 5.74) is 1.39. The average molecular weight is 437 g/mol. The fourth-order valence-electron chi connectivity index (χ4n) is 3.87. The van der Waals surface area contributed by atoms with Crippen LogP contribution in [0.2, 0.25) is 0 Å². The number of aliphatic hydroxyl groups is 1. The molecule has 3 aromatic rings. The summed E-state index contributed by atoms with van der Waals surface area (Å²) in [5, 5.41) is 11.0. The van der Waals surface area contributed by atoms with Gasteiger partial charge in [-0.1, -0.05) is 24.3 Å². The van der Waals surface area contributed by atoms with Crippen LogP contribution in [0.4, 0.5) is 18.9 Å². The van der Waals surface area contributed by atoms with E-state index < -0.39 is 40.9 Å². The Labute approximate surface area is 182 Å². The molecule has 1 aliphatic rings. The molecule has 7 heteroatoms. The molecule has 0 aliphatic carbocycles. The molecular formula is C25H18F3NO3. The maximum Gasteiger partial charge on any atom is 0.300 e. The van der Waals surface area contributed by atoms with Crippen molar-refractivity contribution in [1.82, 2.24) is 0 Å². The fraction of sp³-hybridized carbons (Fsp3) is 0.120. The van der Waals surface area contributed by atoms with Crippen molar-refractivity contribution in [2.24, 2.45) is 0 Å². The highest BCUT2D eigenvalue weighted by molar-refractivity contribution is 6.51. The minimum atomic E-state index is -1.18. The van der Waals surface area contributed by atoms with Gasteiger partial charge >= 0.3 is 0 Å². The number of aliphatic hydroxyl groups excluding tert-OH is 1. The summed E-state index contributed by atoms with van der Waals surface area (Å²) in [6.45, 7) is 3.27. The Morgan fingerprint density at radius 3 is 2.19 bits per heavy atom. The van der Waals surface area contributed by atoms with Crippen LogP contribution < -0.4 is 4.90 Å². The number of aryl methyl sites for hydroxylation is 2. The first-order valence-corrected chi connectivity index (χ1v) is 9.78. The Morgan fingerprint density at radius 2 is 1.53 bits per heavy atom. The molecule has 1 saturated heterocycles. The Bertz CT molecular complexity index is 1300. The zero-order chi connectivity index (χ0) is 23.2. The van der Waals surface area contributed by atoms with Crippen molar-refractivity contribution in [3.63, 3.8) is 0 Å². The van der Waals surface area contributed by atoms with Crippen molar-refractivity contribution in [3.05, 3.63) is 106 Å². The SMILES string of the molecule is Cc1cc(/C(O)=C2\C(=O)C(=O)N(c3ccc(F)c(F)c3)C2c2ccccc2C)ccc1F.